The van der Waals surface area contributed by atoms with Gasteiger partial charge in [-0.05, 0) is 6.07 Å². The van der Waals surface area contributed by atoms with Gasteiger partial charge >= 0.3 is 5.97 Å². The van der Waals surface area contributed by atoms with Crippen molar-refractivity contribution in [1.29, 1.82) is 0 Å². The number of ether oxygens (including phenoxy) is 1. The predicted molar refractivity (Wildman–Crippen MR) is 59.1 cm³/mol. The standard InChI is InChI=1S/C11H10N2O3/c1-16-11(14)9-4-2-3-8-7(6-13-15)5-12-10(8)9/h2-5,12H,6H2,1H3. The summed E-state index contributed by atoms with van der Waals surface area (Å²) in [5.41, 5.74) is 1.90. The van der Waals surface area contributed by atoms with Gasteiger partial charge < -0.3 is 9.72 Å². The van der Waals surface area contributed by atoms with Gasteiger partial charge in [0.25, 0.3) is 0 Å². The Hall–Kier alpha value is -2.17. The van der Waals surface area contributed by atoms with Gasteiger partial charge in [-0.2, -0.15) is 4.91 Å². The lowest BCUT2D eigenvalue weighted by atomic mass is 10.1. The van der Waals surface area contributed by atoms with Crippen LogP contribution >= 0.6 is 0 Å². The largest absolute Gasteiger partial charge is 0.465 e. The lowest BCUT2D eigenvalue weighted by Crippen LogP contribution is -2.01. The molecule has 0 aliphatic carbocycles. The van der Waals surface area contributed by atoms with Crippen molar-refractivity contribution in [2.45, 2.75) is 6.54 Å². The number of fused-ring (bicyclic) bond motifs is 1. The maximum atomic E-state index is 11.5. The van der Waals surface area contributed by atoms with E-state index in [1.165, 1.54) is 7.11 Å². The number of nitrogens with zero attached hydrogens (tertiary/aromatic N) is 1. The molecule has 5 heteroatoms. The first-order valence-electron chi connectivity index (χ1n) is 4.74. The van der Waals surface area contributed by atoms with E-state index >= 15 is 0 Å². The summed E-state index contributed by atoms with van der Waals surface area (Å²) in [5.74, 6) is -0.405. The number of aromatic amines is 1. The van der Waals surface area contributed by atoms with Crippen LogP contribution in [0.15, 0.2) is 29.6 Å². The van der Waals surface area contributed by atoms with E-state index in [9.17, 15) is 9.70 Å². The van der Waals surface area contributed by atoms with E-state index in [4.69, 9.17) is 0 Å². The molecule has 0 spiro atoms. The second kappa shape index (κ2) is 4.14. The van der Waals surface area contributed by atoms with Crippen molar-refractivity contribution in [2.75, 3.05) is 7.11 Å². The summed E-state index contributed by atoms with van der Waals surface area (Å²) < 4.78 is 4.67. The first-order chi connectivity index (χ1) is 7.77. The quantitative estimate of drug-likeness (QED) is 0.634. The van der Waals surface area contributed by atoms with Gasteiger partial charge in [-0.1, -0.05) is 17.3 Å². The van der Waals surface area contributed by atoms with Crippen LogP contribution in [0.3, 0.4) is 0 Å². The van der Waals surface area contributed by atoms with E-state index in [1.54, 1.807) is 18.3 Å². The van der Waals surface area contributed by atoms with E-state index in [-0.39, 0.29) is 6.54 Å². The number of benzene rings is 1. The van der Waals surface area contributed by atoms with Crippen molar-refractivity contribution in [3.63, 3.8) is 0 Å². The first kappa shape index (κ1) is 10.4. The lowest BCUT2D eigenvalue weighted by Gasteiger charge is -2.00. The number of aromatic nitrogens is 1. The average molecular weight is 218 g/mol. The fourth-order valence-corrected chi connectivity index (χ4v) is 1.69. The molecule has 82 valence electrons. The molecule has 2 aromatic rings. The molecule has 0 saturated heterocycles. The van der Waals surface area contributed by atoms with Crippen LogP contribution in [0.5, 0.6) is 0 Å². The molecule has 0 amide bonds. The highest BCUT2D eigenvalue weighted by Crippen LogP contribution is 2.22. The van der Waals surface area contributed by atoms with Crippen LogP contribution in [0.4, 0.5) is 0 Å². The van der Waals surface area contributed by atoms with Crippen molar-refractivity contribution in [1.82, 2.24) is 4.98 Å². The number of methoxy groups -OCH3 is 1. The monoisotopic (exact) mass is 218 g/mol. The van der Waals surface area contributed by atoms with Gasteiger partial charge in [0.05, 0.1) is 18.2 Å². The minimum atomic E-state index is -0.405. The molecule has 1 aromatic carbocycles. The SMILES string of the molecule is COC(=O)c1cccc2c(CN=O)c[nH]c12. The Labute approximate surface area is 91.4 Å². The van der Waals surface area contributed by atoms with Crippen LogP contribution in [0.1, 0.15) is 15.9 Å². The molecular formula is C11H10N2O3. The van der Waals surface area contributed by atoms with Crippen LogP contribution in [-0.4, -0.2) is 18.1 Å². The highest BCUT2D eigenvalue weighted by molar-refractivity contribution is 6.03. The van der Waals surface area contributed by atoms with Crippen LogP contribution in [0.2, 0.25) is 0 Å². The summed E-state index contributed by atoms with van der Waals surface area (Å²) in [7, 11) is 1.33. The Morgan fingerprint density at radius 2 is 2.31 bits per heavy atom. The number of para-hydroxylation sites is 1. The molecular weight excluding hydrogens is 208 g/mol. The summed E-state index contributed by atoms with van der Waals surface area (Å²) in [6, 6.07) is 5.25. The number of esters is 1. The summed E-state index contributed by atoms with van der Waals surface area (Å²) in [4.78, 5) is 24.7. The Bertz CT molecular complexity index is 545. The van der Waals surface area contributed by atoms with Crippen molar-refractivity contribution < 1.29 is 9.53 Å². The third kappa shape index (κ3) is 1.56. The molecule has 0 radical (unpaired) electrons. The lowest BCUT2D eigenvalue weighted by molar-refractivity contribution is 0.0603. The average Bonchev–Trinajstić information content (AvgIpc) is 2.72. The zero-order valence-corrected chi connectivity index (χ0v) is 8.69. The smallest absolute Gasteiger partial charge is 0.339 e. The van der Waals surface area contributed by atoms with Gasteiger partial charge in [0.2, 0.25) is 0 Å². The van der Waals surface area contributed by atoms with Crippen LogP contribution in [0, 0.1) is 4.91 Å². The Balaban J connectivity index is 2.61. The molecule has 0 aliphatic rings. The van der Waals surface area contributed by atoms with Crippen LogP contribution in [-0.2, 0) is 11.3 Å². The van der Waals surface area contributed by atoms with E-state index in [2.05, 4.69) is 14.9 Å². The second-order valence-corrected chi connectivity index (χ2v) is 3.32. The topological polar surface area (TPSA) is 71.5 Å². The maximum absolute atomic E-state index is 11.5. The molecule has 0 bridgehead atoms. The highest BCUT2D eigenvalue weighted by atomic mass is 16.5. The van der Waals surface area contributed by atoms with Crippen LogP contribution < -0.4 is 0 Å². The maximum Gasteiger partial charge on any atom is 0.339 e. The Morgan fingerprint density at radius 1 is 1.50 bits per heavy atom. The fraction of sp³-hybridized carbons (Fsp3) is 0.182. The molecule has 0 atom stereocenters. The van der Waals surface area contributed by atoms with Gasteiger partial charge in [0.15, 0.2) is 0 Å². The Kier molecular flexibility index (Phi) is 2.68. The second-order valence-electron chi connectivity index (χ2n) is 3.32. The normalized spacial score (nSPS) is 10.3. The molecule has 1 N–H and O–H groups in total. The number of H-pyrrole nitrogens is 1. The molecule has 1 heterocycles. The van der Waals surface area contributed by atoms with Gasteiger partial charge in [-0.25, -0.2) is 4.79 Å². The van der Waals surface area contributed by atoms with Gasteiger partial charge in [-0.15, -0.1) is 0 Å². The van der Waals surface area contributed by atoms with E-state index in [1.807, 2.05) is 6.07 Å². The fourth-order valence-electron chi connectivity index (χ4n) is 1.69. The third-order valence-corrected chi connectivity index (χ3v) is 2.44. The molecule has 0 fully saturated rings. The first-order valence-corrected chi connectivity index (χ1v) is 4.74. The van der Waals surface area contributed by atoms with Gasteiger partial charge in [0.1, 0.15) is 6.54 Å². The van der Waals surface area contributed by atoms with Crippen molar-refractivity contribution in [3.8, 4) is 0 Å². The van der Waals surface area contributed by atoms with Crippen molar-refractivity contribution in [3.05, 3.63) is 40.4 Å². The number of carbonyl (C=O) groups is 1. The summed E-state index contributed by atoms with van der Waals surface area (Å²) in [6.45, 7) is 0.0879. The van der Waals surface area contributed by atoms with Gasteiger partial charge in [-0.3, -0.25) is 0 Å². The zero-order chi connectivity index (χ0) is 11.5. The molecule has 0 unspecified atom stereocenters. The van der Waals surface area contributed by atoms with E-state index in [0.717, 1.165) is 10.9 Å². The van der Waals surface area contributed by atoms with E-state index in [0.29, 0.717) is 11.1 Å². The molecule has 0 aliphatic heterocycles. The number of hydrogen-bond acceptors (Lipinski definition) is 4. The number of rotatable bonds is 3. The zero-order valence-electron chi connectivity index (χ0n) is 8.69. The molecule has 1 aromatic heterocycles. The summed E-state index contributed by atoms with van der Waals surface area (Å²) in [6.07, 6.45) is 1.68. The highest BCUT2D eigenvalue weighted by Gasteiger charge is 2.13. The number of hydrogen-bond donors (Lipinski definition) is 1. The molecule has 2 rings (SSSR count). The number of nitroso groups, excluding NO2 is 1. The molecule has 16 heavy (non-hydrogen) atoms. The molecule has 0 saturated carbocycles. The minimum Gasteiger partial charge on any atom is -0.465 e. The minimum absolute atomic E-state index is 0.0879. The summed E-state index contributed by atoms with van der Waals surface area (Å²) >= 11 is 0. The predicted octanol–water partition coefficient (Wildman–Crippen LogP) is 2.22. The van der Waals surface area contributed by atoms with Gasteiger partial charge in [0, 0.05) is 17.1 Å². The number of carbonyl (C=O) groups excluding carboxylic acids is 1. The van der Waals surface area contributed by atoms with E-state index < -0.39 is 5.97 Å². The third-order valence-electron chi connectivity index (χ3n) is 2.44. The Morgan fingerprint density at radius 3 is 3.00 bits per heavy atom. The number of nitrogens with one attached hydrogen (secondary N) is 1. The molecule has 5 nitrogen and oxygen atoms in total. The van der Waals surface area contributed by atoms with Crippen molar-refractivity contribution in [2.24, 2.45) is 5.18 Å². The van der Waals surface area contributed by atoms with Crippen LogP contribution in [0.25, 0.3) is 10.9 Å². The van der Waals surface area contributed by atoms with Crippen molar-refractivity contribution >= 4 is 16.9 Å². The summed E-state index contributed by atoms with van der Waals surface area (Å²) in [5, 5.41) is 3.66.